The lowest BCUT2D eigenvalue weighted by Gasteiger charge is -2.35. The highest BCUT2D eigenvalue weighted by Crippen LogP contribution is 2.16. The maximum absolute atomic E-state index is 13.6. The molecule has 2 fully saturated rings. The molecule has 2 aliphatic heterocycles. The van der Waals surface area contributed by atoms with Crippen molar-refractivity contribution in [2.24, 2.45) is 0 Å². The van der Waals surface area contributed by atoms with E-state index in [-0.39, 0.29) is 36.4 Å². The van der Waals surface area contributed by atoms with Crippen LogP contribution >= 0.6 is 0 Å². The molecule has 1 atom stereocenters. The van der Waals surface area contributed by atoms with Crippen LogP contribution in [-0.4, -0.2) is 73.0 Å². The van der Waals surface area contributed by atoms with Crippen molar-refractivity contribution < 1.29 is 27.9 Å². The molecule has 3 amide bonds. The number of carbonyl (C=O) groups is 3. The first kappa shape index (κ1) is 21.2. The minimum Gasteiger partial charge on any atom is -0.368 e. The van der Waals surface area contributed by atoms with Crippen LogP contribution in [0.15, 0.2) is 18.2 Å². The summed E-state index contributed by atoms with van der Waals surface area (Å²) < 4.78 is 31.9. The number of nitrogens with one attached hydrogen (secondary N) is 1. The van der Waals surface area contributed by atoms with E-state index in [9.17, 15) is 23.2 Å². The number of benzene rings is 1. The smallest absolute Gasteiger partial charge is 0.254 e. The molecule has 7 nitrogen and oxygen atoms in total. The van der Waals surface area contributed by atoms with Gasteiger partial charge >= 0.3 is 0 Å². The fourth-order valence-electron chi connectivity index (χ4n) is 3.52. The van der Waals surface area contributed by atoms with Gasteiger partial charge in [0.1, 0.15) is 17.7 Å². The van der Waals surface area contributed by atoms with Gasteiger partial charge < -0.3 is 19.9 Å². The van der Waals surface area contributed by atoms with Gasteiger partial charge in [-0.15, -0.1) is 0 Å². The van der Waals surface area contributed by atoms with E-state index in [1.807, 2.05) is 0 Å². The molecular weight excluding hydrogens is 384 g/mol. The molecule has 0 spiro atoms. The fraction of sp³-hybridized carbons (Fsp3) is 0.550. The van der Waals surface area contributed by atoms with Gasteiger partial charge in [-0.3, -0.25) is 14.4 Å². The van der Waals surface area contributed by atoms with E-state index >= 15 is 0 Å². The molecule has 1 unspecified atom stereocenters. The van der Waals surface area contributed by atoms with Crippen LogP contribution < -0.4 is 5.32 Å². The predicted molar refractivity (Wildman–Crippen MR) is 100 cm³/mol. The number of amides is 3. The molecule has 2 heterocycles. The summed E-state index contributed by atoms with van der Waals surface area (Å²) in [6.45, 7) is 2.77. The zero-order chi connectivity index (χ0) is 20.8. The zero-order valence-electron chi connectivity index (χ0n) is 16.2. The van der Waals surface area contributed by atoms with Gasteiger partial charge in [0, 0.05) is 51.8 Å². The summed E-state index contributed by atoms with van der Waals surface area (Å²) >= 11 is 0. The van der Waals surface area contributed by atoms with E-state index in [1.165, 1.54) is 0 Å². The number of piperazine rings is 1. The molecule has 1 N–H and O–H groups in total. The Morgan fingerprint density at radius 1 is 1.10 bits per heavy atom. The van der Waals surface area contributed by atoms with Crippen molar-refractivity contribution in [3.8, 4) is 0 Å². The summed E-state index contributed by atoms with van der Waals surface area (Å²) in [6.07, 6.45) is 1.96. The van der Waals surface area contributed by atoms with Crippen LogP contribution in [0.2, 0.25) is 0 Å². The number of ether oxygens (including phenoxy) is 1. The summed E-state index contributed by atoms with van der Waals surface area (Å²) in [6, 6.07) is 2.76. The summed E-state index contributed by atoms with van der Waals surface area (Å²) in [5.41, 5.74) is -0.232. The molecule has 158 valence electrons. The molecular formula is C20H25F2N3O4. The van der Waals surface area contributed by atoms with Gasteiger partial charge in [-0.2, -0.15) is 0 Å². The van der Waals surface area contributed by atoms with Crippen LogP contribution in [0.1, 0.15) is 36.0 Å². The SMILES string of the molecule is O=C(NCCCC(=O)N1CCN(C(=O)C2CCCO2)CC1)c1ccc(F)cc1F. The molecule has 0 aromatic heterocycles. The Bertz CT molecular complexity index is 760. The molecule has 3 rings (SSSR count). The molecule has 0 radical (unpaired) electrons. The Hall–Kier alpha value is -2.55. The van der Waals surface area contributed by atoms with E-state index in [1.54, 1.807) is 9.80 Å². The highest BCUT2D eigenvalue weighted by molar-refractivity contribution is 5.94. The molecule has 2 saturated heterocycles. The van der Waals surface area contributed by atoms with Crippen LogP contribution in [0.4, 0.5) is 8.78 Å². The molecule has 1 aromatic carbocycles. The third kappa shape index (κ3) is 5.50. The molecule has 0 aliphatic carbocycles. The van der Waals surface area contributed by atoms with Crippen molar-refractivity contribution >= 4 is 17.7 Å². The van der Waals surface area contributed by atoms with Crippen LogP contribution in [-0.2, 0) is 14.3 Å². The van der Waals surface area contributed by atoms with Crippen molar-refractivity contribution in [2.45, 2.75) is 31.8 Å². The van der Waals surface area contributed by atoms with Gasteiger partial charge in [0.2, 0.25) is 5.91 Å². The van der Waals surface area contributed by atoms with E-state index in [2.05, 4.69) is 5.32 Å². The van der Waals surface area contributed by atoms with Gasteiger partial charge in [-0.25, -0.2) is 8.78 Å². The van der Waals surface area contributed by atoms with Crippen molar-refractivity contribution in [2.75, 3.05) is 39.3 Å². The molecule has 2 aliphatic rings. The average molecular weight is 409 g/mol. The van der Waals surface area contributed by atoms with Gasteiger partial charge in [0.15, 0.2) is 0 Å². The maximum atomic E-state index is 13.6. The normalized spacial score (nSPS) is 19.3. The topological polar surface area (TPSA) is 79.0 Å². The number of hydrogen-bond donors (Lipinski definition) is 1. The Labute approximate surface area is 168 Å². The average Bonchev–Trinajstić information content (AvgIpc) is 3.25. The second-order valence-electron chi connectivity index (χ2n) is 7.19. The number of hydrogen-bond acceptors (Lipinski definition) is 4. The maximum Gasteiger partial charge on any atom is 0.254 e. The largest absolute Gasteiger partial charge is 0.368 e. The Morgan fingerprint density at radius 3 is 2.48 bits per heavy atom. The number of carbonyl (C=O) groups excluding carboxylic acids is 3. The number of nitrogens with zero attached hydrogens (tertiary/aromatic N) is 2. The second-order valence-corrected chi connectivity index (χ2v) is 7.19. The van der Waals surface area contributed by atoms with Crippen LogP contribution in [0, 0.1) is 11.6 Å². The first-order valence-electron chi connectivity index (χ1n) is 9.87. The zero-order valence-corrected chi connectivity index (χ0v) is 16.2. The van der Waals surface area contributed by atoms with E-state index in [0.717, 1.165) is 25.0 Å². The van der Waals surface area contributed by atoms with Gasteiger partial charge in [0.05, 0.1) is 5.56 Å². The van der Waals surface area contributed by atoms with E-state index in [0.29, 0.717) is 45.3 Å². The van der Waals surface area contributed by atoms with Crippen molar-refractivity contribution in [1.29, 1.82) is 0 Å². The summed E-state index contributed by atoms with van der Waals surface area (Å²) in [7, 11) is 0. The third-order valence-corrected chi connectivity index (χ3v) is 5.18. The first-order valence-corrected chi connectivity index (χ1v) is 9.87. The van der Waals surface area contributed by atoms with Crippen molar-refractivity contribution in [3.63, 3.8) is 0 Å². The molecule has 0 bridgehead atoms. The van der Waals surface area contributed by atoms with Gasteiger partial charge in [-0.05, 0) is 31.4 Å². The van der Waals surface area contributed by atoms with Crippen LogP contribution in [0.3, 0.4) is 0 Å². The van der Waals surface area contributed by atoms with Crippen LogP contribution in [0.5, 0.6) is 0 Å². The Balaban J connectivity index is 1.35. The number of rotatable bonds is 6. The summed E-state index contributed by atoms with van der Waals surface area (Å²) in [4.78, 5) is 40.0. The number of halogens is 2. The van der Waals surface area contributed by atoms with Crippen LogP contribution in [0.25, 0.3) is 0 Å². The lowest BCUT2D eigenvalue weighted by atomic mass is 10.2. The highest BCUT2D eigenvalue weighted by atomic mass is 19.1. The summed E-state index contributed by atoms with van der Waals surface area (Å²) in [5, 5.41) is 2.53. The van der Waals surface area contributed by atoms with Gasteiger partial charge in [-0.1, -0.05) is 0 Å². The molecule has 9 heteroatoms. The molecule has 29 heavy (non-hydrogen) atoms. The lowest BCUT2D eigenvalue weighted by Crippen LogP contribution is -2.52. The summed E-state index contributed by atoms with van der Waals surface area (Å²) in [5.74, 6) is -2.35. The van der Waals surface area contributed by atoms with E-state index < -0.39 is 17.5 Å². The van der Waals surface area contributed by atoms with Gasteiger partial charge in [0.25, 0.3) is 11.8 Å². The lowest BCUT2D eigenvalue weighted by molar-refractivity contribution is -0.146. The minimum atomic E-state index is -0.922. The Morgan fingerprint density at radius 2 is 1.83 bits per heavy atom. The third-order valence-electron chi connectivity index (χ3n) is 5.18. The minimum absolute atomic E-state index is 0.00494. The van der Waals surface area contributed by atoms with Crippen molar-refractivity contribution in [1.82, 2.24) is 15.1 Å². The first-order chi connectivity index (χ1) is 14.0. The quantitative estimate of drug-likeness (QED) is 0.719. The molecule has 0 saturated carbocycles. The van der Waals surface area contributed by atoms with Crippen molar-refractivity contribution in [3.05, 3.63) is 35.4 Å². The molecule has 1 aromatic rings. The Kier molecular flexibility index (Phi) is 7.13. The fourth-order valence-corrected chi connectivity index (χ4v) is 3.52. The van der Waals surface area contributed by atoms with E-state index in [4.69, 9.17) is 4.74 Å². The predicted octanol–water partition coefficient (Wildman–Crippen LogP) is 1.32. The second kappa shape index (κ2) is 9.78. The standard InChI is InChI=1S/C20H25F2N3O4/c21-14-5-6-15(16(22)13-14)19(27)23-7-1-4-18(26)24-8-10-25(11-9-24)20(28)17-3-2-12-29-17/h5-6,13,17H,1-4,7-12H2,(H,23,27). The monoisotopic (exact) mass is 409 g/mol. The highest BCUT2D eigenvalue weighted by Gasteiger charge is 2.31.